The van der Waals surface area contributed by atoms with E-state index < -0.39 is 0 Å². The maximum absolute atomic E-state index is 12.7. The molecule has 1 aromatic carbocycles. The number of hydrogen-bond donors (Lipinski definition) is 1. The molecule has 0 unspecified atom stereocenters. The number of nitrogens with zero attached hydrogens (tertiary/aromatic N) is 4. The summed E-state index contributed by atoms with van der Waals surface area (Å²) in [5.41, 5.74) is 2.58. The number of aryl methyl sites for hydroxylation is 2. The van der Waals surface area contributed by atoms with Crippen LogP contribution in [0.15, 0.2) is 24.3 Å². The number of piperazine rings is 1. The van der Waals surface area contributed by atoms with Crippen LogP contribution < -0.4 is 10.2 Å². The highest BCUT2D eigenvalue weighted by Crippen LogP contribution is 2.21. The highest BCUT2D eigenvalue weighted by molar-refractivity contribution is 6.31. The molecule has 0 radical (unpaired) electrons. The molecule has 0 spiro atoms. The first-order valence-corrected chi connectivity index (χ1v) is 9.15. The molecule has 27 heavy (non-hydrogen) atoms. The number of hydrogen-bond acceptors (Lipinski definition) is 5. The van der Waals surface area contributed by atoms with E-state index in [-0.39, 0.29) is 11.8 Å². The monoisotopic (exact) mass is 387 g/mol. The number of benzene rings is 1. The van der Waals surface area contributed by atoms with Crippen LogP contribution >= 0.6 is 11.6 Å². The van der Waals surface area contributed by atoms with Crippen LogP contribution in [0.4, 0.5) is 11.6 Å². The van der Waals surface area contributed by atoms with Crippen molar-refractivity contribution in [3.63, 3.8) is 0 Å². The Bertz CT molecular complexity index is 878. The number of anilines is 2. The molecule has 0 saturated carbocycles. The molecule has 1 aromatic heterocycles. The summed E-state index contributed by atoms with van der Waals surface area (Å²) in [5.74, 6) is 0.262. The van der Waals surface area contributed by atoms with Crippen molar-refractivity contribution in [3.05, 3.63) is 46.2 Å². The minimum atomic E-state index is -0.311. The molecule has 3 rings (SSSR count). The second kappa shape index (κ2) is 7.92. The quantitative estimate of drug-likeness (QED) is 0.875. The minimum Gasteiger partial charge on any atom is -0.339 e. The van der Waals surface area contributed by atoms with Gasteiger partial charge in [-0.05, 0) is 37.6 Å². The molecule has 1 fully saturated rings. The summed E-state index contributed by atoms with van der Waals surface area (Å²) in [4.78, 5) is 36.9. The van der Waals surface area contributed by atoms with Gasteiger partial charge in [0.15, 0.2) is 0 Å². The summed E-state index contributed by atoms with van der Waals surface area (Å²) in [6.07, 6.45) is 0. The van der Waals surface area contributed by atoms with Gasteiger partial charge in [-0.2, -0.15) is 0 Å². The Morgan fingerprint density at radius 2 is 1.78 bits per heavy atom. The van der Waals surface area contributed by atoms with Gasteiger partial charge in [-0.25, -0.2) is 9.97 Å². The zero-order valence-electron chi connectivity index (χ0n) is 15.6. The van der Waals surface area contributed by atoms with Crippen LogP contribution in [-0.2, 0) is 4.79 Å². The van der Waals surface area contributed by atoms with Crippen LogP contribution in [0.2, 0.25) is 5.02 Å². The Balaban J connectivity index is 1.78. The van der Waals surface area contributed by atoms with Gasteiger partial charge in [0.2, 0.25) is 11.9 Å². The first kappa shape index (κ1) is 19.1. The fourth-order valence-corrected chi connectivity index (χ4v) is 3.12. The van der Waals surface area contributed by atoms with Gasteiger partial charge < -0.3 is 15.1 Å². The molecule has 1 aliphatic rings. The fraction of sp³-hybridized carbons (Fsp3) is 0.368. The smallest absolute Gasteiger partial charge is 0.274 e. The van der Waals surface area contributed by atoms with E-state index in [9.17, 15) is 9.59 Å². The molecular formula is C19H22ClN5O2. The maximum Gasteiger partial charge on any atom is 0.274 e. The Hall–Kier alpha value is -2.67. The number of aromatic nitrogens is 2. The molecule has 1 saturated heterocycles. The van der Waals surface area contributed by atoms with Crippen molar-refractivity contribution in [2.75, 3.05) is 36.4 Å². The summed E-state index contributed by atoms with van der Waals surface area (Å²) in [6, 6.07) is 7.00. The van der Waals surface area contributed by atoms with E-state index in [0.717, 1.165) is 5.56 Å². The topological polar surface area (TPSA) is 78.4 Å². The van der Waals surface area contributed by atoms with Crippen LogP contribution in [-0.4, -0.2) is 52.9 Å². The number of amides is 2. The Morgan fingerprint density at radius 3 is 2.44 bits per heavy atom. The Labute approximate surface area is 163 Å². The zero-order chi connectivity index (χ0) is 19.6. The van der Waals surface area contributed by atoms with Crippen LogP contribution in [0, 0.1) is 13.8 Å². The SMILES string of the molecule is CC(=O)N1CCN(c2nc(C)cc(C(=O)Nc3cc(Cl)ccc3C)n2)CC1. The predicted octanol–water partition coefficient (Wildman–Crippen LogP) is 2.67. The van der Waals surface area contributed by atoms with E-state index in [1.54, 1.807) is 30.0 Å². The van der Waals surface area contributed by atoms with Gasteiger partial charge in [0.25, 0.3) is 5.91 Å². The second-order valence-corrected chi connectivity index (χ2v) is 7.04. The minimum absolute atomic E-state index is 0.0665. The van der Waals surface area contributed by atoms with E-state index in [4.69, 9.17) is 11.6 Å². The third-order valence-electron chi connectivity index (χ3n) is 4.53. The molecule has 142 valence electrons. The average molecular weight is 388 g/mol. The van der Waals surface area contributed by atoms with Crippen molar-refractivity contribution in [2.45, 2.75) is 20.8 Å². The van der Waals surface area contributed by atoms with Crippen molar-refractivity contribution >= 4 is 35.1 Å². The molecule has 1 aliphatic heterocycles. The van der Waals surface area contributed by atoms with Gasteiger partial charge in [0, 0.05) is 49.5 Å². The van der Waals surface area contributed by atoms with Gasteiger partial charge >= 0.3 is 0 Å². The second-order valence-electron chi connectivity index (χ2n) is 6.60. The highest BCUT2D eigenvalue weighted by Gasteiger charge is 2.22. The van der Waals surface area contributed by atoms with Crippen molar-refractivity contribution < 1.29 is 9.59 Å². The Kier molecular flexibility index (Phi) is 5.60. The lowest BCUT2D eigenvalue weighted by Gasteiger charge is -2.34. The number of halogens is 1. The number of carbonyl (C=O) groups excluding carboxylic acids is 2. The fourth-order valence-electron chi connectivity index (χ4n) is 2.95. The van der Waals surface area contributed by atoms with Gasteiger partial charge in [-0.15, -0.1) is 0 Å². The standard InChI is InChI=1S/C19H22ClN5O2/c1-12-4-5-15(20)11-16(12)22-18(27)17-10-13(2)21-19(23-17)25-8-6-24(7-9-25)14(3)26/h4-5,10-11H,6-9H2,1-3H3,(H,22,27). The third kappa shape index (κ3) is 4.54. The predicted molar refractivity (Wildman–Crippen MR) is 105 cm³/mol. The molecule has 2 aromatic rings. The largest absolute Gasteiger partial charge is 0.339 e. The maximum atomic E-state index is 12.7. The molecule has 0 bridgehead atoms. The summed E-state index contributed by atoms with van der Waals surface area (Å²) in [7, 11) is 0. The van der Waals surface area contributed by atoms with E-state index >= 15 is 0 Å². The van der Waals surface area contributed by atoms with Gasteiger partial charge in [0.1, 0.15) is 5.69 Å². The Morgan fingerprint density at radius 1 is 1.07 bits per heavy atom. The van der Waals surface area contributed by atoms with E-state index in [1.807, 2.05) is 24.8 Å². The van der Waals surface area contributed by atoms with Crippen LogP contribution in [0.1, 0.15) is 28.7 Å². The molecular weight excluding hydrogens is 366 g/mol. The molecule has 1 N–H and O–H groups in total. The molecule has 2 amide bonds. The summed E-state index contributed by atoms with van der Waals surface area (Å²) in [6.45, 7) is 7.81. The normalized spacial score (nSPS) is 14.2. The van der Waals surface area contributed by atoms with Crippen molar-refractivity contribution in [1.29, 1.82) is 0 Å². The van der Waals surface area contributed by atoms with E-state index in [2.05, 4.69) is 15.3 Å². The zero-order valence-corrected chi connectivity index (χ0v) is 16.4. The number of nitrogens with one attached hydrogen (secondary N) is 1. The summed E-state index contributed by atoms with van der Waals surface area (Å²) < 4.78 is 0. The van der Waals surface area contributed by atoms with Crippen molar-refractivity contribution in [2.24, 2.45) is 0 Å². The molecule has 8 heteroatoms. The van der Waals surface area contributed by atoms with E-state index in [0.29, 0.717) is 54.2 Å². The first-order valence-electron chi connectivity index (χ1n) is 8.77. The van der Waals surface area contributed by atoms with E-state index in [1.165, 1.54) is 0 Å². The highest BCUT2D eigenvalue weighted by atomic mass is 35.5. The van der Waals surface area contributed by atoms with Crippen LogP contribution in [0.25, 0.3) is 0 Å². The molecule has 0 aliphatic carbocycles. The lowest BCUT2D eigenvalue weighted by atomic mass is 10.2. The van der Waals surface area contributed by atoms with Crippen LogP contribution in [0.5, 0.6) is 0 Å². The lowest BCUT2D eigenvalue weighted by molar-refractivity contribution is -0.129. The molecule has 7 nitrogen and oxygen atoms in total. The van der Waals surface area contributed by atoms with Crippen molar-refractivity contribution in [1.82, 2.24) is 14.9 Å². The number of carbonyl (C=O) groups is 2. The van der Waals surface area contributed by atoms with Gasteiger partial charge in [-0.3, -0.25) is 9.59 Å². The van der Waals surface area contributed by atoms with Crippen LogP contribution in [0.3, 0.4) is 0 Å². The van der Waals surface area contributed by atoms with Gasteiger partial charge in [-0.1, -0.05) is 17.7 Å². The number of rotatable bonds is 3. The molecule has 0 atom stereocenters. The average Bonchev–Trinajstić information content (AvgIpc) is 2.64. The summed E-state index contributed by atoms with van der Waals surface area (Å²) in [5, 5.41) is 3.42. The molecule has 2 heterocycles. The van der Waals surface area contributed by atoms with Crippen molar-refractivity contribution in [3.8, 4) is 0 Å². The lowest BCUT2D eigenvalue weighted by Crippen LogP contribution is -2.48. The van der Waals surface area contributed by atoms with Gasteiger partial charge in [0.05, 0.1) is 0 Å². The first-order chi connectivity index (χ1) is 12.8. The third-order valence-corrected chi connectivity index (χ3v) is 4.77. The summed E-state index contributed by atoms with van der Waals surface area (Å²) >= 11 is 6.02.